The van der Waals surface area contributed by atoms with Gasteiger partial charge < -0.3 is 30.6 Å². The minimum Gasteiger partial charge on any atom is -0.481 e. The van der Waals surface area contributed by atoms with Gasteiger partial charge in [0.25, 0.3) is 0 Å². The molecule has 0 amide bonds. The highest BCUT2D eigenvalue weighted by Crippen LogP contribution is 2.29. The average Bonchev–Trinajstić information content (AvgIpc) is 2.65. The van der Waals surface area contributed by atoms with E-state index >= 15 is 0 Å². The molecule has 0 saturated heterocycles. The van der Waals surface area contributed by atoms with Crippen LogP contribution in [0.5, 0.6) is 0 Å². The molecule has 1 aliphatic rings. The summed E-state index contributed by atoms with van der Waals surface area (Å²) in [6.07, 6.45) is 6.99. The highest BCUT2D eigenvalue weighted by atomic mass is 16.4. The van der Waals surface area contributed by atoms with Crippen LogP contribution in [-0.2, 0) is 28.8 Å². The van der Waals surface area contributed by atoms with Crippen molar-refractivity contribution in [3.05, 3.63) is 49.1 Å². The predicted molar refractivity (Wildman–Crippen MR) is 112 cm³/mol. The summed E-state index contributed by atoms with van der Waals surface area (Å²) in [7, 11) is 0. The van der Waals surface area contributed by atoms with E-state index in [4.69, 9.17) is 30.6 Å². The lowest BCUT2D eigenvalue weighted by Gasteiger charge is -2.24. The van der Waals surface area contributed by atoms with Crippen LogP contribution in [0.15, 0.2) is 49.1 Å². The van der Waals surface area contributed by atoms with E-state index in [1.54, 1.807) is 0 Å². The topological polar surface area (TPSA) is 224 Å². The van der Waals surface area contributed by atoms with Gasteiger partial charge in [-0.05, 0) is 6.42 Å². The van der Waals surface area contributed by atoms with Gasteiger partial charge in [0.1, 0.15) is 0 Å². The first-order valence-corrected chi connectivity index (χ1v) is 7.86. The Hall–Kier alpha value is -4.22. The number of aliphatic carboxylic acids is 6. The van der Waals surface area contributed by atoms with Gasteiger partial charge in [-0.2, -0.15) is 0 Å². The summed E-state index contributed by atoms with van der Waals surface area (Å²) < 4.78 is 0. The Balaban J connectivity index is -0.000000202. The molecule has 0 aromatic rings. The molecule has 12 nitrogen and oxygen atoms in total. The average molecular weight is 460 g/mol. The number of carboxylic acid groups (broad SMARTS) is 6. The van der Waals surface area contributed by atoms with Crippen molar-refractivity contribution in [2.24, 2.45) is 17.8 Å². The zero-order valence-corrected chi connectivity index (χ0v) is 15.3. The zero-order chi connectivity index (χ0) is 23.9. The molecule has 0 aromatic heterocycles. The molecule has 1 rings (SSSR count). The smallest absolute Gasteiger partial charge is 0.328 e. The Morgan fingerprint density at radius 3 is 1.34 bits per heavy atom. The minimum absolute atomic E-state index is 0. The predicted octanol–water partition coefficient (Wildman–Crippen LogP) is 1.85. The van der Waals surface area contributed by atoms with Crippen molar-refractivity contribution in [2.45, 2.75) is 21.3 Å². The van der Waals surface area contributed by atoms with Crippen LogP contribution in [0.3, 0.4) is 0 Å². The lowest BCUT2D eigenvalue weighted by molar-refractivity contribution is -0.154. The monoisotopic (exact) mass is 460 g/mol. The maximum atomic E-state index is 10.7. The Labute approximate surface area is 184 Å². The molecule has 12 heteroatoms. The molecule has 0 spiro atoms. The minimum atomic E-state index is -1.28. The van der Waals surface area contributed by atoms with Crippen molar-refractivity contribution in [1.29, 1.82) is 0 Å². The second-order valence-corrected chi connectivity index (χ2v) is 5.31. The maximum Gasteiger partial charge on any atom is 0.328 e. The maximum absolute atomic E-state index is 10.7. The Morgan fingerprint density at radius 1 is 0.688 bits per heavy atom. The molecule has 1 aliphatic carbocycles. The summed E-state index contributed by atoms with van der Waals surface area (Å²) in [6, 6.07) is 0. The van der Waals surface area contributed by atoms with E-state index in [1.807, 2.05) is 0 Å². The summed E-state index contributed by atoms with van der Waals surface area (Å²) in [5.41, 5.74) is 0. The molecule has 180 valence electrons. The normalized spacial score (nSPS) is 18.3. The van der Waals surface area contributed by atoms with E-state index in [-0.39, 0.29) is 21.3 Å². The third-order valence-electron chi connectivity index (χ3n) is 3.17. The first-order chi connectivity index (χ1) is 13.8. The first kappa shape index (κ1) is 35.2. The zero-order valence-electron chi connectivity index (χ0n) is 15.3. The van der Waals surface area contributed by atoms with Crippen LogP contribution in [0.2, 0.25) is 0 Å². The molecule has 0 fully saturated rings. The molecule has 0 saturated carbocycles. The molecular formula is C20H28O12. The van der Waals surface area contributed by atoms with Crippen LogP contribution in [0.1, 0.15) is 21.3 Å². The molecule has 0 bridgehead atoms. The summed E-state index contributed by atoms with van der Waals surface area (Å²) in [5, 5.41) is 49.8. The van der Waals surface area contributed by atoms with Gasteiger partial charge in [0.15, 0.2) is 0 Å². The van der Waals surface area contributed by atoms with Crippen molar-refractivity contribution in [2.75, 3.05) is 0 Å². The molecule has 0 radical (unpaired) electrons. The number of carbonyl (C=O) groups is 6. The number of allylic oxidation sites excluding steroid dienone is 2. The summed E-state index contributed by atoms with van der Waals surface area (Å²) in [6.45, 7) is 2.96. The largest absolute Gasteiger partial charge is 0.481 e. The molecule has 0 heterocycles. The fourth-order valence-electron chi connectivity index (χ4n) is 1.85. The van der Waals surface area contributed by atoms with Crippen molar-refractivity contribution < 1.29 is 59.4 Å². The van der Waals surface area contributed by atoms with E-state index in [9.17, 15) is 28.8 Å². The Morgan fingerprint density at radius 2 is 1.09 bits per heavy atom. The molecule has 0 aliphatic heterocycles. The summed E-state index contributed by atoms with van der Waals surface area (Å²) >= 11 is 0. The van der Waals surface area contributed by atoms with E-state index < -0.39 is 53.6 Å². The second-order valence-electron chi connectivity index (χ2n) is 5.31. The number of carboxylic acids is 6. The molecule has 3 atom stereocenters. The van der Waals surface area contributed by atoms with Crippen LogP contribution < -0.4 is 0 Å². The molecule has 3 unspecified atom stereocenters. The molecule has 6 N–H and O–H groups in total. The van der Waals surface area contributed by atoms with Gasteiger partial charge >= 0.3 is 35.8 Å². The van der Waals surface area contributed by atoms with Gasteiger partial charge in [-0.15, -0.1) is 0 Å². The third-order valence-corrected chi connectivity index (χ3v) is 3.17. The van der Waals surface area contributed by atoms with Gasteiger partial charge in [0, 0.05) is 18.2 Å². The van der Waals surface area contributed by atoms with Crippen LogP contribution in [0, 0.1) is 17.8 Å². The van der Waals surface area contributed by atoms with Crippen molar-refractivity contribution in [3.63, 3.8) is 0 Å². The molecule has 32 heavy (non-hydrogen) atoms. The van der Waals surface area contributed by atoms with Crippen LogP contribution in [-0.4, -0.2) is 66.5 Å². The third kappa shape index (κ3) is 17.8. The van der Waals surface area contributed by atoms with Gasteiger partial charge in [-0.1, -0.05) is 45.7 Å². The van der Waals surface area contributed by atoms with Crippen LogP contribution in [0.25, 0.3) is 0 Å². The number of hydrogen-bond acceptors (Lipinski definition) is 6. The number of rotatable bonds is 7. The quantitative estimate of drug-likeness (QED) is 0.182. The highest BCUT2D eigenvalue weighted by molar-refractivity contribution is 5.84. The van der Waals surface area contributed by atoms with Crippen molar-refractivity contribution in [3.8, 4) is 0 Å². The summed E-state index contributed by atoms with van der Waals surface area (Å²) in [5.74, 6) is -10.1. The van der Waals surface area contributed by atoms with E-state index in [0.29, 0.717) is 0 Å². The number of hydrogen-bond donors (Lipinski definition) is 6. The van der Waals surface area contributed by atoms with E-state index in [0.717, 1.165) is 36.5 Å². The van der Waals surface area contributed by atoms with Crippen LogP contribution >= 0.6 is 0 Å². The van der Waals surface area contributed by atoms with Crippen molar-refractivity contribution >= 4 is 35.8 Å². The molecule has 0 aromatic carbocycles. The van der Waals surface area contributed by atoms with Gasteiger partial charge in [0.05, 0.1) is 17.8 Å². The van der Waals surface area contributed by atoms with Crippen LogP contribution in [0.4, 0.5) is 0 Å². The fourth-order valence-corrected chi connectivity index (χ4v) is 1.85. The fraction of sp³-hybridized carbons (Fsp3) is 0.300. The highest BCUT2D eigenvalue weighted by Gasteiger charge is 2.38. The Kier molecular flexibility index (Phi) is 20.7. The van der Waals surface area contributed by atoms with E-state index in [1.165, 1.54) is 6.08 Å². The first-order valence-electron chi connectivity index (χ1n) is 7.86. The van der Waals surface area contributed by atoms with E-state index in [2.05, 4.69) is 6.58 Å². The Bertz CT molecular complexity index is 739. The van der Waals surface area contributed by atoms with Gasteiger partial charge in [-0.25, -0.2) is 14.4 Å². The van der Waals surface area contributed by atoms with Crippen molar-refractivity contribution in [1.82, 2.24) is 0 Å². The second kappa shape index (κ2) is 18.8. The lowest BCUT2D eigenvalue weighted by Crippen LogP contribution is -2.34. The molecular weight excluding hydrogens is 432 g/mol. The summed E-state index contributed by atoms with van der Waals surface area (Å²) in [4.78, 5) is 60.8. The lowest BCUT2D eigenvalue weighted by atomic mass is 9.79. The SMILES string of the molecule is C.C.C=CC(=O)O.O=C(O)/C=C/C=C/C(=O)O.O=C(O)C1C=CC(C(=O)O)C(C(=O)O)C1. The van der Waals surface area contributed by atoms with Gasteiger partial charge in [0.2, 0.25) is 0 Å². The standard InChI is InChI=1S/C9H10O6.C6H6O4.C3H4O2.2CH4/c10-7(11)4-1-2-5(8(12)13)6(3-4)9(14)15;7-5(8)3-1-2-4-6(9)10;1-2-3(4)5;;/h1-2,4-6H,3H2,(H,10,11)(H,12,13)(H,14,15);1-4H,(H,7,8)(H,9,10);2H,1H2,(H,4,5);2*1H4/b;3-1+,4-2+;;;. The van der Waals surface area contributed by atoms with Gasteiger partial charge in [-0.3, -0.25) is 14.4 Å².